The van der Waals surface area contributed by atoms with Crippen LogP contribution in [0.1, 0.15) is 49.8 Å². The van der Waals surface area contributed by atoms with E-state index in [0.717, 1.165) is 35.1 Å². The van der Waals surface area contributed by atoms with E-state index in [4.69, 9.17) is 11.6 Å². The van der Waals surface area contributed by atoms with Crippen molar-refractivity contribution in [2.45, 2.75) is 51.4 Å². The van der Waals surface area contributed by atoms with Crippen molar-refractivity contribution in [1.82, 2.24) is 4.90 Å². The minimum Gasteiger partial charge on any atom is -0.345 e. The maximum atomic E-state index is 12.5. The van der Waals surface area contributed by atoms with Crippen molar-refractivity contribution in [1.29, 1.82) is 0 Å². The maximum absolute atomic E-state index is 12.5. The lowest BCUT2D eigenvalue weighted by Crippen LogP contribution is -2.51. The molecule has 1 aromatic heterocycles. The molecule has 5 rings (SSSR count). The summed E-state index contributed by atoms with van der Waals surface area (Å²) in [6.07, 6.45) is 9.95. The Morgan fingerprint density at radius 2 is 1.83 bits per heavy atom. The van der Waals surface area contributed by atoms with Crippen molar-refractivity contribution in [3.05, 3.63) is 21.3 Å². The van der Waals surface area contributed by atoms with Crippen molar-refractivity contribution >= 4 is 28.8 Å². The number of amides is 1. The zero-order chi connectivity index (χ0) is 16.0. The molecule has 4 fully saturated rings. The van der Waals surface area contributed by atoms with Gasteiger partial charge in [0, 0.05) is 24.9 Å². The predicted octanol–water partition coefficient (Wildman–Crippen LogP) is 5.01. The molecule has 0 N–H and O–H groups in total. The summed E-state index contributed by atoms with van der Waals surface area (Å²) in [6, 6.07) is 3.96. The molecule has 0 atom stereocenters. The van der Waals surface area contributed by atoms with E-state index in [2.05, 4.69) is 0 Å². The molecule has 0 saturated heterocycles. The van der Waals surface area contributed by atoms with Crippen LogP contribution in [0.25, 0.3) is 0 Å². The van der Waals surface area contributed by atoms with Crippen molar-refractivity contribution in [3.8, 4) is 0 Å². The second-order valence-electron chi connectivity index (χ2n) is 8.37. The highest BCUT2D eigenvalue weighted by atomic mass is 35.5. The molecule has 4 bridgehead atoms. The Balaban J connectivity index is 1.34. The first kappa shape index (κ1) is 16.0. The summed E-state index contributed by atoms with van der Waals surface area (Å²) < 4.78 is 0.814. The Bertz CT molecular complexity index is 561. The fraction of sp³-hybridized carbons (Fsp3) is 0.737. The normalized spacial score (nSPS) is 34.8. The molecule has 1 aromatic rings. The van der Waals surface area contributed by atoms with Crippen molar-refractivity contribution in [3.63, 3.8) is 0 Å². The van der Waals surface area contributed by atoms with E-state index in [1.165, 1.54) is 43.4 Å². The quantitative estimate of drug-likeness (QED) is 0.730. The standard InChI is InChI=1S/C19H26ClNOS/c1-21(18(22)5-3-16-2-4-17(20)23-16)12-19-9-13-6-14(10-19)8-15(7-13)11-19/h2,4,13-15H,3,5-12H2,1H3. The molecule has 1 amide bonds. The fourth-order valence-electron chi connectivity index (χ4n) is 5.98. The van der Waals surface area contributed by atoms with Gasteiger partial charge in [-0.2, -0.15) is 0 Å². The van der Waals surface area contributed by atoms with Crippen LogP contribution in [0.3, 0.4) is 0 Å². The summed E-state index contributed by atoms with van der Waals surface area (Å²) >= 11 is 7.56. The maximum Gasteiger partial charge on any atom is 0.222 e. The highest BCUT2D eigenvalue weighted by Gasteiger charge is 2.51. The molecular weight excluding hydrogens is 326 g/mol. The van der Waals surface area contributed by atoms with E-state index in [1.54, 1.807) is 11.3 Å². The van der Waals surface area contributed by atoms with Gasteiger partial charge in [0.25, 0.3) is 0 Å². The van der Waals surface area contributed by atoms with Gasteiger partial charge >= 0.3 is 0 Å². The van der Waals surface area contributed by atoms with Crippen LogP contribution in [-0.2, 0) is 11.2 Å². The molecule has 1 heterocycles. The predicted molar refractivity (Wildman–Crippen MR) is 95.9 cm³/mol. The van der Waals surface area contributed by atoms with Crippen molar-refractivity contribution in [2.75, 3.05) is 13.6 Å². The first-order chi connectivity index (χ1) is 11.0. The molecule has 126 valence electrons. The molecule has 0 unspecified atom stereocenters. The summed E-state index contributed by atoms with van der Waals surface area (Å²) in [5, 5.41) is 0. The van der Waals surface area contributed by atoms with Crippen LogP contribution in [-0.4, -0.2) is 24.4 Å². The SMILES string of the molecule is CN(CC12CC3CC(CC(C3)C1)C2)C(=O)CCc1ccc(Cl)s1. The van der Waals surface area contributed by atoms with Crippen LogP contribution in [0.15, 0.2) is 12.1 Å². The monoisotopic (exact) mass is 351 g/mol. The Kier molecular flexibility index (Phi) is 4.21. The largest absolute Gasteiger partial charge is 0.345 e. The van der Waals surface area contributed by atoms with Gasteiger partial charge in [0.1, 0.15) is 0 Å². The summed E-state index contributed by atoms with van der Waals surface area (Å²) in [5.41, 5.74) is 0.450. The number of carbonyl (C=O) groups excluding carboxylic acids is 1. The number of thiophene rings is 1. The average molecular weight is 352 g/mol. The first-order valence-electron chi connectivity index (χ1n) is 8.99. The lowest BCUT2D eigenvalue weighted by atomic mass is 9.49. The van der Waals surface area contributed by atoms with Gasteiger partial charge in [-0.05, 0) is 80.2 Å². The second-order valence-corrected chi connectivity index (χ2v) is 10.2. The molecule has 0 aromatic carbocycles. The minimum absolute atomic E-state index is 0.297. The molecule has 2 nitrogen and oxygen atoms in total. The van der Waals surface area contributed by atoms with E-state index in [-0.39, 0.29) is 0 Å². The molecule has 0 radical (unpaired) electrons. The first-order valence-corrected chi connectivity index (χ1v) is 10.2. The van der Waals surface area contributed by atoms with Crippen LogP contribution in [0.5, 0.6) is 0 Å². The Hall–Kier alpha value is -0.540. The molecule has 23 heavy (non-hydrogen) atoms. The number of rotatable bonds is 5. The van der Waals surface area contributed by atoms with Gasteiger partial charge in [0.2, 0.25) is 5.91 Å². The number of aryl methyl sites for hydroxylation is 1. The molecular formula is C19H26ClNOS. The third kappa shape index (κ3) is 3.32. The van der Waals surface area contributed by atoms with Gasteiger partial charge in [-0.1, -0.05) is 11.6 Å². The summed E-state index contributed by atoms with van der Waals surface area (Å²) in [7, 11) is 2.02. The lowest BCUT2D eigenvalue weighted by molar-refractivity contribution is -0.135. The van der Waals surface area contributed by atoms with Gasteiger partial charge in [0.05, 0.1) is 4.34 Å². The highest BCUT2D eigenvalue weighted by Crippen LogP contribution is 2.60. The van der Waals surface area contributed by atoms with Crippen molar-refractivity contribution in [2.24, 2.45) is 23.2 Å². The molecule has 4 saturated carbocycles. The summed E-state index contributed by atoms with van der Waals surface area (Å²) in [6.45, 7) is 0.987. The molecule has 0 aliphatic heterocycles. The summed E-state index contributed by atoms with van der Waals surface area (Å²) in [4.78, 5) is 15.8. The zero-order valence-corrected chi connectivity index (χ0v) is 15.5. The Morgan fingerprint density at radius 3 is 2.35 bits per heavy atom. The number of halogens is 1. The molecule has 4 heteroatoms. The smallest absolute Gasteiger partial charge is 0.222 e. The van der Waals surface area contributed by atoms with Crippen LogP contribution >= 0.6 is 22.9 Å². The number of hydrogen-bond acceptors (Lipinski definition) is 2. The third-order valence-corrected chi connectivity index (χ3v) is 7.67. The van der Waals surface area contributed by atoms with Gasteiger partial charge in [-0.3, -0.25) is 4.79 Å². The van der Waals surface area contributed by atoms with E-state index < -0.39 is 0 Å². The Morgan fingerprint density at radius 1 is 1.22 bits per heavy atom. The van der Waals surface area contributed by atoms with Gasteiger partial charge in [-0.15, -0.1) is 11.3 Å². The fourth-order valence-corrected chi connectivity index (χ4v) is 7.07. The van der Waals surface area contributed by atoms with Crippen molar-refractivity contribution < 1.29 is 4.79 Å². The van der Waals surface area contributed by atoms with Gasteiger partial charge in [0.15, 0.2) is 0 Å². The van der Waals surface area contributed by atoms with Crippen LogP contribution in [0.2, 0.25) is 4.34 Å². The lowest BCUT2D eigenvalue weighted by Gasteiger charge is -2.57. The minimum atomic E-state index is 0.297. The molecule has 4 aliphatic rings. The number of carbonyl (C=O) groups is 1. The third-order valence-electron chi connectivity index (χ3n) is 6.38. The summed E-state index contributed by atoms with van der Waals surface area (Å²) in [5.74, 6) is 3.17. The van der Waals surface area contributed by atoms with E-state index in [9.17, 15) is 4.79 Å². The second kappa shape index (κ2) is 6.07. The number of hydrogen-bond donors (Lipinski definition) is 0. The topological polar surface area (TPSA) is 20.3 Å². The van der Waals surface area contributed by atoms with Crippen LogP contribution in [0, 0.1) is 23.2 Å². The van der Waals surface area contributed by atoms with Crippen LogP contribution in [0.4, 0.5) is 0 Å². The molecule has 0 spiro atoms. The van der Waals surface area contributed by atoms with E-state index in [1.807, 2.05) is 24.1 Å². The van der Waals surface area contributed by atoms with Gasteiger partial charge in [-0.25, -0.2) is 0 Å². The number of nitrogens with zero attached hydrogens (tertiary/aromatic N) is 1. The van der Waals surface area contributed by atoms with E-state index >= 15 is 0 Å². The van der Waals surface area contributed by atoms with Crippen LogP contribution < -0.4 is 0 Å². The zero-order valence-electron chi connectivity index (χ0n) is 13.9. The average Bonchev–Trinajstić information content (AvgIpc) is 2.88. The van der Waals surface area contributed by atoms with Gasteiger partial charge < -0.3 is 4.90 Å². The highest BCUT2D eigenvalue weighted by molar-refractivity contribution is 7.16. The molecule has 4 aliphatic carbocycles. The Labute approximate surface area is 148 Å². The van der Waals surface area contributed by atoms with E-state index in [0.29, 0.717) is 17.7 Å².